The van der Waals surface area contributed by atoms with Gasteiger partial charge in [-0.05, 0) is 26.2 Å². The molecule has 158 valence electrons. The summed E-state index contributed by atoms with van der Waals surface area (Å²) in [5.41, 5.74) is 0.317. The fourth-order valence-electron chi connectivity index (χ4n) is 5.49. The van der Waals surface area contributed by atoms with Gasteiger partial charge in [0.25, 0.3) is 0 Å². The fraction of sp³-hybridized carbons (Fsp3) is 0.864. The Morgan fingerprint density at radius 1 is 1.11 bits per heavy atom. The van der Waals surface area contributed by atoms with Crippen molar-refractivity contribution in [1.82, 2.24) is 20.0 Å². The van der Waals surface area contributed by atoms with Crippen molar-refractivity contribution in [2.75, 3.05) is 63.9 Å². The van der Waals surface area contributed by atoms with Gasteiger partial charge >= 0.3 is 0 Å². The first-order chi connectivity index (χ1) is 13.8. The van der Waals surface area contributed by atoms with Crippen molar-refractivity contribution in [3.8, 4) is 0 Å². The molecule has 1 atom stereocenters. The molecular weight excluding hydrogens is 366 g/mol. The van der Waals surface area contributed by atoms with Crippen LogP contribution in [0.4, 0.5) is 0 Å². The Kier molecular flexibility index (Phi) is 7.23. The molecule has 0 aromatic heterocycles. The molecule has 0 aromatic carbocycles. The third-order valence-corrected chi connectivity index (χ3v) is 8.09. The van der Waals surface area contributed by atoms with E-state index >= 15 is 0 Å². The van der Waals surface area contributed by atoms with E-state index in [1.807, 2.05) is 0 Å². The van der Waals surface area contributed by atoms with Crippen molar-refractivity contribution in [1.29, 1.82) is 0 Å². The van der Waals surface area contributed by atoms with Crippen LogP contribution in [0.15, 0.2) is 17.1 Å². The topological polar surface area (TPSA) is 34.1 Å². The molecule has 0 aromatic rings. The van der Waals surface area contributed by atoms with Gasteiger partial charge in [0.2, 0.25) is 0 Å². The highest BCUT2D eigenvalue weighted by Crippen LogP contribution is 2.35. The molecule has 0 bridgehead atoms. The average Bonchev–Trinajstić information content (AvgIpc) is 3.44. The Morgan fingerprint density at radius 2 is 1.86 bits per heavy atom. The summed E-state index contributed by atoms with van der Waals surface area (Å²) in [6.45, 7) is 11.2. The number of nitrogens with one attached hydrogen (secondary N) is 1. The van der Waals surface area contributed by atoms with Gasteiger partial charge in [0, 0.05) is 68.9 Å². The normalized spacial score (nSPS) is 29.5. The summed E-state index contributed by atoms with van der Waals surface area (Å²) in [5, 5.41) is 3.61. The highest BCUT2D eigenvalue weighted by Gasteiger charge is 2.39. The minimum Gasteiger partial charge on any atom is -0.357 e. The molecule has 0 amide bonds. The molecule has 5 nitrogen and oxygen atoms in total. The molecule has 28 heavy (non-hydrogen) atoms. The molecule has 6 heteroatoms. The minimum atomic E-state index is 0.317. The van der Waals surface area contributed by atoms with Crippen LogP contribution in [0.1, 0.15) is 45.4 Å². The van der Waals surface area contributed by atoms with Crippen LogP contribution in [0.25, 0.3) is 0 Å². The van der Waals surface area contributed by atoms with Crippen LogP contribution in [0, 0.1) is 0 Å². The van der Waals surface area contributed by atoms with Crippen LogP contribution in [-0.4, -0.2) is 96.1 Å². The van der Waals surface area contributed by atoms with E-state index in [1.54, 1.807) is 0 Å². The molecular formula is C22H39N5S. The number of guanidine groups is 1. The van der Waals surface area contributed by atoms with Gasteiger partial charge in [-0.2, -0.15) is 11.8 Å². The zero-order valence-corrected chi connectivity index (χ0v) is 18.6. The Hall–Kier alpha value is -0.720. The van der Waals surface area contributed by atoms with Crippen LogP contribution in [0.2, 0.25) is 0 Å². The first-order valence-corrected chi connectivity index (χ1v) is 12.7. The van der Waals surface area contributed by atoms with E-state index in [2.05, 4.69) is 50.9 Å². The largest absolute Gasteiger partial charge is 0.357 e. The van der Waals surface area contributed by atoms with Crippen LogP contribution in [0.5, 0.6) is 0 Å². The zero-order chi connectivity index (χ0) is 19.2. The summed E-state index contributed by atoms with van der Waals surface area (Å²) >= 11 is 2.12. The van der Waals surface area contributed by atoms with Gasteiger partial charge in [-0.15, -0.1) is 0 Å². The Labute approximate surface area is 176 Å². The number of rotatable bonds is 5. The Balaban J connectivity index is 1.43. The molecule has 1 unspecified atom stereocenters. The Bertz CT molecular complexity index is 543. The number of likely N-dealkylation sites (tertiary alicyclic amines) is 1. The van der Waals surface area contributed by atoms with Gasteiger partial charge in [0.15, 0.2) is 5.96 Å². The monoisotopic (exact) mass is 405 g/mol. The highest BCUT2D eigenvalue weighted by atomic mass is 32.2. The van der Waals surface area contributed by atoms with Gasteiger partial charge in [0.1, 0.15) is 0 Å². The fourth-order valence-corrected chi connectivity index (χ4v) is 6.40. The van der Waals surface area contributed by atoms with Gasteiger partial charge in [0.05, 0.1) is 6.54 Å². The lowest BCUT2D eigenvalue weighted by molar-refractivity contribution is 0.0670. The van der Waals surface area contributed by atoms with Crippen LogP contribution in [0.3, 0.4) is 0 Å². The molecule has 0 radical (unpaired) electrons. The second-order valence-corrected chi connectivity index (χ2v) is 10.1. The molecule has 3 heterocycles. The quantitative estimate of drug-likeness (QED) is 0.432. The van der Waals surface area contributed by atoms with Crippen molar-refractivity contribution in [2.24, 2.45) is 4.99 Å². The Morgan fingerprint density at radius 3 is 2.57 bits per heavy atom. The summed E-state index contributed by atoms with van der Waals surface area (Å²) in [5.74, 6) is 3.75. The number of hydrogen-bond acceptors (Lipinski definition) is 4. The lowest BCUT2D eigenvalue weighted by atomic mass is 9.80. The van der Waals surface area contributed by atoms with Crippen LogP contribution >= 0.6 is 11.8 Å². The molecule has 1 saturated carbocycles. The smallest absolute Gasteiger partial charge is 0.194 e. The zero-order valence-electron chi connectivity index (χ0n) is 17.7. The molecule has 0 spiro atoms. The maximum atomic E-state index is 5.28. The van der Waals surface area contributed by atoms with Gasteiger partial charge in [-0.3, -0.25) is 14.8 Å². The maximum absolute atomic E-state index is 5.28. The molecule has 3 fully saturated rings. The second-order valence-electron chi connectivity index (χ2n) is 8.87. The second kappa shape index (κ2) is 9.86. The van der Waals surface area contributed by atoms with E-state index in [-0.39, 0.29) is 0 Å². The third-order valence-electron chi connectivity index (χ3n) is 7.15. The molecule has 4 aliphatic rings. The SMILES string of the molecule is CCNC(=NCC1(N2CCSCC2)CCCCC1)N1CCC(N2CC=CC2)C1. The standard InChI is InChI=1S/C22H39N5S/c1-2-23-21(26-13-8-20(18-26)25-11-6-7-12-25)24-19-22(9-4-3-5-10-22)27-14-16-28-17-15-27/h6-7,20H,2-5,8-19H2,1H3,(H,23,24). The predicted octanol–water partition coefficient (Wildman–Crippen LogP) is 2.65. The van der Waals surface area contributed by atoms with E-state index in [0.717, 1.165) is 45.2 Å². The van der Waals surface area contributed by atoms with Gasteiger partial charge in [-0.1, -0.05) is 31.4 Å². The number of thioether (sulfide) groups is 1. The van der Waals surface area contributed by atoms with E-state index < -0.39 is 0 Å². The molecule has 4 rings (SSSR count). The summed E-state index contributed by atoms with van der Waals surface area (Å²) in [7, 11) is 0. The lowest BCUT2D eigenvalue weighted by Gasteiger charge is -2.47. The predicted molar refractivity (Wildman–Crippen MR) is 121 cm³/mol. The van der Waals surface area contributed by atoms with E-state index in [9.17, 15) is 0 Å². The maximum Gasteiger partial charge on any atom is 0.194 e. The lowest BCUT2D eigenvalue weighted by Crippen LogP contribution is -2.55. The number of aliphatic imine (C=N–C) groups is 1. The van der Waals surface area contributed by atoms with Crippen LogP contribution < -0.4 is 5.32 Å². The molecule has 1 aliphatic carbocycles. The van der Waals surface area contributed by atoms with E-state index in [4.69, 9.17) is 4.99 Å². The van der Waals surface area contributed by atoms with Gasteiger partial charge < -0.3 is 10.2 Å². The summed E-state index contributed by atoms with van der Waals surface area (Å²) < 4.78 is 0. The van der Waals surface area contributed by atoms with E-state index in [1.165, 1.54) is 63.1 Å². The summed E-state index contributed by atoms with van der Waals surface area (Å²) in [4.78, 5) is 13.2. The molecule has 1 N–H and O–H groups in total. The summed E-state index contributed by atoms with van der Waals surface area (Å²) in [6, 6.07) is 0.682. The summed E-state index contributed by atoms with van der Waals surface area (Å²) in [6.07, 6.45) is 12.7. The van der Waals surface area contributed by atoms with Crippen molar-refractivity contribution >= 4 is 17.7 Å². The van der Waals surface area contributed by atoms with Crippen molar-refractivity contribution < 1.29 is 0 Å². The molecule has 3 aliphatic heterocycles. The third kappa shape index (κ3) is 4.71. The van der Waals surface area contributed by atoms with Gasteiger partial charge in [-0.25, -0.2) is 0 Å². The van der Waals surface area contributed by atoms with E-state index in [0.29, 0.717) is 11.6 Å². The first kappa shape index (κ1) is 20.5. The first-order valence-electron chi connectivity index (χ1n) is 11.6. The molecule has 2 saturated heterocycles. The van der Waals surface area contributed by atoms with Crippen molar-refractivity contribution in [3.63, 3.8) is 0 Å². The van der Waals surface area contributed by atoms with Crippen LogP contribution in [-0.2, 0) is 0 Å². The highest BCUT2D eigenvalue weighted by molar-refractivity contribution is 7.99. The van der Waals surface area contributed by atoms with Crippen molar-refractivity contribution in [2.45, 2.75) is 57.0 Å². The minimum absolute atomic E-state index is 0.317. The number of nitrogens with zero attached hydrogens (tertiary/aromatic N) is 4. The number of hydrogen-bond donors (Lipinski definition) is 1. The average molecular weight is 406 g/mol. The van der Waals surface area contributed by atoms with Crippen molar-refractivity contribution in [3.05, 3.63) is 12.2 Å².